The summed E-state index contributed by atoms with van der Waals surface area (Å²) < 4.78 is 11.2. The van der Waals surface area contributed by atoms with Crippen LogP contribution in [0.5, 0.6) is 0 Å². The van der Waals surface area contributed by atoms with Gasteiger partial charge in [0.25, 0.3) is 5.91 Å². The van der Waals surface area contributed by atoms with Crippen molar-refractivity contribution < 1.29 is 13.9 Å². The number of hydrogen-bond acceptors (Lipinski definition) is 5. The Labute approximate surface area is 166 Å². The summed E-state index contributed by atoms with van der Waals surface area (Å²) in [7, 11) is 0. The van der Waals surface area contributed by atoms with Gasteiger partial charge >= 0.3 is 0 Å². The number of aromatic nitrogens is 1. The number of ether oxygens (including phenoxy) is 1. The predicted octanol–water partition coefficient (Wildman–Crippen LogP) is 3.67. The van der Waals surface area contributed by atoms with Gasteiger partial charge in [0, 0.05) is 43.7 Å². The highest BCUT2D eigenvalue weighted by Gasteiger charge is 2.28. The van der Waals surface area contributed by atoms with Crippen LogP contribution in [0.15, 0.2) is 22.6 Å². The van der Waals surface area contributed by atoms with E-state index in [-0.39, 0.29) is 11.8 Å². The summed E-state index contributed by atoms with van der Waals surface area (Å²) in [6.45, 7) is 9.65. The van der Waals surface area contributed by atoms with Crippen molar-refractivity contribution in [3.63, 3.8) is 0 Å². The van der Waals surface area contributed by atoms with Gasteiger partial charge in [0.2, 0.25) is 0 Å². The molecule has 1 aromatic heterocycles. The Hall–Kier alpha value is -1.92. The lowest BCUT2D eigenvalue weighted by atomic mass is 9.97. The molecule has 0 saturated carbocycles. The van der Waals surface area contributed by atoms with E-state index in [1.165, 1.54) is 6.42 Å². The van der Waals surface area contributed by atoms with E-state index in [9.17, 15) is 4.79 Å². The number of oxazole rings is 1. The van der Waals surface area contributed by atoms with E-state index in [2.05, 4.69) is 28.6 Å². The van der Waals surface area contributed by atoms with Gasteiger partial charge in [0.1, 0.15) is 5.52 Å². The highest BCUT2D eigenvalue weighted by Crippen LogP contribution is 2.26. The molecule has 0 N–H and O–H groups in total. The summed E-state index contributed by atoms with van der Waals surface area (Å²) in [6, 6.07) is 5.98. The van der Waals surface area contributed by atoms with Gasteiger partial charge in [-0.2, -0.15) is 0 Å². The second-order valence-corrected chi connectivity index (χ2v) is 8.28. The molecule has 1 aromatic carbocycles. The molecule has 6 nitrogen and oxygen atoms in total. The normalized spacial score (nSPS) is 21.5. The lowest BCUT2D eigenvalue weighted by molar-refractivity contribution is 0.0296. The zero-order valence-corrected chi connectivity index (χ0v) is 17.0. The van der Waals surface area contributed by atoms with Gasteiger partial charge in [-0.1, -0.05) is 13.8 Å². The lowest BCUT2D eigenvalue weighted by Gasteiger charge is -2.37. The SMILES string of the molecule is CC(C)c1nc2cc(C(=O)N3CCCC[C@H]3CCN3CCOCC3)ccc2o1. The molecule has 2 aromatic rings. The van der Waals surface area contributed by atoms with Crippen LogP contribution >= 0.6 is 0 Å². The van der Waals surface area contributed by atoms with E-state index in [1.807, 2.05) is 18.2 Å². The Morgan fingerprint density at radius 3 is 2.82 bits per heavy atom. The van der Waals surface area contributed by atoms with Crippen LogP contribution in [-0.2, 0) is 4.74 Å². The number of benzene rings is 1. The Morgan fingerprint density at radius 1 is 1.21 bits per heavy atom. The summed E-state index contributed by atoms with van der Waals surface area (Å²) in [5.41, 5.74) is 2.24. The highest BCUT2D eigenvalue weighted by atomic mass is 16.5. The summed E-state index contributed by atoms with van der Waals surface area (Å²) in [4.78, 5) is 22.4. The van der Waals surface area contributed by atoms with E-state index in [0.717, 1.165) is 81.2 Å². The largest absolute Gasteiger partial charge is 0.440 e. The zero-order chi connectivity index (χ0) is 19.5. The molecule has 3 heterocycles. The second-order valence-electron chi connectivity index (χ2n) is 8.28. The zero-order valence-electron chi connectivity index (χ0n) is 17.0. The van der Waals surface area contributed by atoms with Crippen molar-refractivity contribution >= 4 is 17.0 Å². The third kappa shape index (κ3) is 4.23. The summed E-state index contributed by atoms with van der Waals surface area (Å²) in [6.07, 6.45) is 4.43. The molecule has 2 aliphatic rings. The van der Waals surface area contributed by atoms with Crippen LogP contribution in [0.2, 0.25) is 0 Å². The number of nitrogens with zero attached hydrogens (tertiary/aromatic N) is 3. The van der Waals surface area contributed by atoms with Crippen molar-refractivity contribution in [3.05, 3.63) is 29.7 Å². The van der Waals surface area contributed by atoms with Crippen molar-refractivity contribution in [1.29, 1.82) is 0 Å². The number of rotatable bonds is 5. The van der Waals surface area contributed by atoms with Crippen LogP contribution in [0.1, 0.15) is 61.7 Å². The number of carbonyl (C=O) groups excluding carboxylic acids is 1. The van der Waals surface area contributed by atoms with Gasteiger partial charge in [-0.05, 0) is 43.9 Å². The molecule has 0 unspecified atom stereocenters. The lowest BCUT2D eigenvalue weighted by Crippen LogP contribution is -2.46. The molecule has 2 fully saturated rings. The molecule has 0 spiro atoms. The van der Waals surface area contributed by atoms with Gasteiger partial charge in [-0.15, -0.1) is 0 Å². The van der Waals surface area contributed by atoms with E-state index in [4.69, 9.17) is 9.15 Å². The van der Waals surface area contributed by atoms with Crippen molar-refractivity contribution in [1.82, 2.24) is 14.8 Å². The van der Waals surface area contributed by atoms with Crippen molar-refractivity contribution in [2.24, 2.45) is 0 Å². The van der Waals surface area contributed by atoms with Crippen molar-refractivity contribution in [2.45, 2.75) is 51.5 Å². The first-order valence-corrected chi connectivity index (χ1v) is 10.6. The van der Waals surface area contributed by atoms with E-state index in [0.29, 0.717) is 6.04 Å². The molecular formula is C22H31N3O3. The fourth-order valence-corrected chi connectivity index (χ4v) is 4.22. The Morgan fingerprint density at radius 2 is 2.04 bits per heavy atom. The average molecular weight is 386 g/mol. The van der Waals surface area contributed by atoms with E-state index >= 15 is 0 Å². The number of morpholine rings is 1. The third-order valence-corrected chi connectivity index (χ3v) is 5.92. The summed E-state index contributed by atoms with van der Waals surface area (Å²) >= 11 is 0. The number of carbonyl (C=O) groups is 1. The van der Waals surface area contributed by atoms with Gasteiger partial charge in [-0.25, -0.2) is 4.98 Å². The maximum absolute atomic E-state index is 13.3. The van der Waals surface area contributed by atoms with Crippen LogP contribution < -0.4 is 0 Å². The average Bonchev–Trinajstić information content (AvgIpc) is 3.16. The minimum Gasteiger partial charge on any atom is -0.440 e. The van der Waals surface area contributed by atoms with Crippen LogP contribution in [-0.4, -0.2) is 66.1 Å². The fraction of sp³-hybridized carbons (Fsp3) is 0.636. The molecule has 2 aliphatic heterocycles. The molecule has 1 atom stereocenters. The van der Waals surface area contributed by atoms with Crippen LogP contribution in [0.3, 0.4) is 0 Å². The summed E-state index contributed by atoms with van der Waals surface area (Å²) in [5.74, 6) is 1.09. The van der Waals surface area contributed by atoms with Crippen molar-refractivity contribution in [3.8, 4) is 0 Å². The molecule has 0 bridgehead atoms. The van der Waals surface area contributed by atoms with Gasteiger partial charge in [0.15, 0.2) is 11.5 Å². The Kier molecular flexibility index (Phi) is 5.97. The first-order chi connectivity index (χ1) is 13.6. The molecule has 4 rings (SSSR count). The molecule has 1 amide bonds. The number of hydrogen-bond donors (Lipinski definition) is 0. The van der Waals surface area contributed by atoms with Crippen LogP contribution in [0.25, 0.3) is 11.1 Å². The predicted molar refractivity (Wildman–Crippen MR) is 109 cm³/mol. The molecule has 0 radical (unpaired) electrons. The van der Waals surface area contributed by atoms with Gasteiger partial charge < -0.3 is 14.1 Å². The Bertz CT molecular complexity index is 810. The number of piperidine rings is 1. The summed E-state index contributed by atoms with van der Waals surface area (Å²) in [5, 5.41) is 0. The first-order valence-electron chi connectivity index (χ1n) is 10.6. The second kappa shape index (κ2) is 8.62. The van der Waals surface area contributed by atoms with E-state index < -0.39 is 0 Å². The molecule has 2 saturated heterocycles. The number of likely N-dealkylation sites (tertiary alicyclic amines) is 1. The first kappa shape index (κ1) is 19.4. The van der Waals surface area contributed by atoms with Gasteiger partial charge in [-0.3, -0.25) is 9.69 Å². The minimum atomic E-state index is 0.127. The standard InChI is InChI=1S/C22H31N3O3/c1-16(2)21-23-19-15-17(6-7-20(19)28-21)22(26)25-9-4-3-5-18(25)8-10-24-11-13-27-14-12-24/h6-7,15-16,18H,3-5,8-14H2,1-2H3/t18-/m0/s1. The van der Waals surface area contributed by atoms with Crippen LogP contribution in [0.4, 0.5) is 0 Å². The monoisotopic (exact) mass is 385 g/mol. The third-order valence-electron chi connectivity index (χ3n) is 5.92. The molecule has 28 heavy (non-hydrogen) atoms. The quantitative estimate of drug-likeness (QED) is 0.786. The van der Waals surface area contributed by atoms with Gasteiger partial charge in [0.05, 0.1) is 13.2 Å². The fourth-order valence-electron chi connectivity index (χ4n) is 4.22. The maximum atomic E-state index is 13.3. The molecule has 0 aliphatic carbocycles. The van der Waals surface area contributed by atoms with E-state index in [1.54, 1.807) is 0 Å². The number of amides is 1. The maximum Gasteiger partial charge on any atom is 0.254 e. The smallest absolute Gasteiger partial charge is 0.254 e. The van der Waals surface area contributed by atoms with Crippen molar-refractivity contribution in [2.75, 3.05) is 39.4 Å². The molecular weight excluding hydrogens is 354 g/mol. The molecule has 152 valence electrons. The minimum absolute atomic E-state index is 0.127. The number of fused-ring (bicyclic) bond motifs is 1. The van der Waals surface area contributed by atoms with Crippen LogP contribution in [0, 0.1) is 0 Å². The molecule has 6 heteroatoms. The topological polar surface area (TPSA) is 58.8 Å². The highest BCUT2D eigenvalue weighted by molar-refractivity contribution is 5.97. The Balaban J connectivity index is 1.47.